The Balaban J connectivity index is 1.54. The van der Waals surface area contributed by atoms with Gasteiger partial charge in [-0.05, 0) is 18.6 Å². The molecule has 13 heteroatoms. The van der Waals surface area contributed by atoms with Crippen molar-refractivity contribution < 1.29 is 37.1 Å². The minimum atomic E-state index is -4.17. The van der Waals surface area contributed by atoms with E-state index in [9.17, 15) is 23.1 Å². The van der Waals surface area contributed by atoms with E-state index in [2.05, 4.69) is 5.73 Å². The summed E-state index contributed by atoms with van der Waals surface area (Å²) in [7, 11) is -4.17. The SMILES string of the molecule is O=C(O)CCn1c(O)c(C=C=C2Oc3cc4c(cc3N2CCCS(=O)(=O)O)oc2ccccc24)sc1=O. The molecule has 0 atom stereocenters. The van der Waals surface area contributed by atoms with Crippen molar-refractivity contribution in [2.45, 2.75) is 19.4 Å². The number of carboxylic acid groups (broad SMARTS) is 1. The summed E-state index contributed by atoms with van der Waals surface area (Å²) < 4.78 is 44.6. The van der Waals surface area contributed by atoms with Crippen molar-refractivity contribution in [1.82, 2.24) is 4.57 Å². The number of carboxylic acids is 1. The highest BCUT2D eigenvalue weighted by Gasteiger charge is 2.28. The van der Waals surface area contributed by atoms with E-state index in [-0.39, 0.29) is 42.6 Å². The van der Waals surface area contributed by atoms with Gasteiger partial charge in [0.1, 0.15) is 16.0 Å². The predicted molar refractivity (Wildman–Crippen MR) is 137 cm³/mol. The highest BCUT2D eigenvalue weighted by molar-refractivity contribution is 7.85. The molecule has 5 rings (SSSR count). The molecule has 3 heterocycles. The van der Waals surface area contributed by atoms with Gasteiger partial charge in [-0.3, -0.25) is 18.7 Å². The van der Waals surface area contributed by atoms with Crippen molar-refractivity contribution in [2.75, 3.05) is 17.2 Å². The second kappa shape index (κ2) is 9.45. The van der Waals surface area contributed by atoms with Crippen molar-refractivity contribution in [1.29, 1.82) is 0 Å². The molecular formula is C24H20N2O9S2. The summed E-state index contributed by atoms with van der Waals surface area (Å²) in [6.07, 6.45) is 1.09. The van der Waals surface area contributed by atoms with Gasteiger partial charge < -0.3 is 24.3 Å². The normalized spacial score (nSPS) is 13.1. The lowest BCUT2D eigenvalue weighted by atomic mass is 10.1. The first-order valence-corrected chi connectivity index (χ1v) is 13.5. The molecule has 0 spiro atoms. The fourth-order valence-electron chi connectivity index (χ4n) is 4.08. The Kier molecular flexibility index (Phi) is 6.30. The number of aliphatic carboxylic acids is 1. The molecule has 0 amide bonds. The van der Waals surface area contributed by atoms with Gasteiger partial charge in [0.2, 0.25) is 11.8 Å². The van der Waals surface area contributed by atoms with E-state index in [4.69, 9.17) is 18.8 Å². The first-order valence-electron chi connectivity index (χ1n) is 11.1. The number of ether oxygens (including phenoxy) is 1. The quantitative estimate of drug-likeness (QED) is 0.221. The van der Waals surface area contributed by atoms with E-state index in [1.807, 2.05) is 24.3 Å². The van der Waals surface area contributed by atoms with Gasteiger partial charge in [-0.2, -0.15) is 8.42 Å². The zero-order valence-corrected chi connectivity index (χ0v) is 20.7. The molecule has 192 valence electrons. The van der Waals surface area contributed by atoms with Crippen LogP contribution in [-0.4, -0.2) is 46.0 Å². The second-order valence-electron chi connectivity index (χ2n) is 8.25. The average molecular weight is 545 g/mol. The van der Waals surface area contributed by atoms with E-state index in [1.54, 1.807) is 17.0 Å². The van der Waals surface area contributed by atoms with E-state index >= 15 is 0 Å². The smallest absolute Gasteiger partial charge is 0.310 e. The molecule has 1 aliphatic heterocycles. The maximum absolute atomic E-state index is 12.2. The van der Waals surface area contributed by atoms with Crippen LogP contribution in [0.4, 0.5) is 5.69 Å². The highest BCUT2D eigenvalue weighted by Crippen LogP contribution is 2.44. The Morgan fingerprint density at radius 2 is 1.92 bits per heavy atom. The third kappa shape index (κ3) is 4.98. The molecular weight excluding hydrogens is 524 g/mol. The lowest BCUT2D eigenvalue weighted by Crippen LogP contribution is -2.23. The lowest BCUT2D eigenvalue weighted by molar-refractivity contribution is -0.137. The Hall–Kier alpha value is -4.03. The number of para-hydroxylation sites is 1. The zero-order chi connectivity index (χ0) is 26.3. The van der Waals surface area contributed by atoms with Crippen LogP contribution in [0, 0.1) is 0 Å². The van der Waals surface area contributed by atoms with Gasteiger partial charge >= 0.3 is 10.8 Å². The first-order chi connectivity index (χ1) is 17.6. The number of thiazole rings is 1. The first kappa shape index (κ1) is 24.7. The minimum Gasteiger partial charge on any atom is -0.493 e. The number of furan rings is 1. The molecule has 0 radical (unpaired) electrons. The van der Waals surface area contributed by atoms with Crippen LogP contribution in [-0.2, 0) is 21.5 Å². The summed E-state index contributed by atoms with van der Waals surface area (Å²) in [6.45, 7) is -0.0336. The molecule has 37 heavy (non-hydrogen) atoms. The zero-order valence-electron chi connectivity index (χ0n) is 19.1. The standard InChI is InChI=1S/C24H20N2O9S2/c27-22(28)8-10-26-23(29)20(36-24(26)30)6-7-21-25(9-3-11-37(31,32)33)16-13-18-15(12-19(16)35-21)14-4-1-2-5-17(14)34-18/h1-2,4-6,12-13,29H,3,8-11H2,(H,27,28)(H,31,32,33). The van der Waals surface area contributed by atoms with Gasteiger partial charge in [0.15, 0.2) is 5.75 Å². The maximum Gasteiger partial charge on any atom is 0.310 e. The number of rotatable bonds is 8. The third-order valence-corrected chi connectivity index (χ3v) is 7.47. The van der Waals surface area contributed by atoms with Crippen LogP contribution in [0.3, 0.4) is 0 Å². The van der Waals surface area contributed by atoms with E-state index in [1.165, 1.54) is 6.08 Å². The Morgan fingerprint density at radius 1 is 1.14 bits per heavy atom. The summed E-state index contributed by atoms with van der Waals surface area (Å²) in [5.74, 6) is -1.30. The van der Waals surface area contributed by atoms with Crippen molar-refractivity contribution in [3.63, 3.8) is 0 Å². The molecule has 0 saturated heterocycles. The molecule has 0 saturated carbocycles. The van der Waals surface area contributed by atoms with Crippen LogP contribution in [0.25, 0.3) is 28.0 Å². The fourth-order valence-corrected chi connectivity index (χ4v) is 5.37. The Morgan fingerprint density at radius 3 is 2.68 bits per heavy atom. The molecule has 1 aliphatic rings. The fraction of sp³-hybridized carbons (Fsp3) is 0.208. The highest BCUT2D eigenvalue weighted by atomic mass is 32.2. The van der Waals surface area contributed by atoms with Crippen LogP contribution in [0.5, 0.6) is 11.6 Å². The molecule has 0 fully saturated rings. The number of fused-ring (bicyclic) bond motifs is 4. The molecule has 3 N–H and O–H groups in total. The number of aromatic nitrogens is 1. The number of nitrogens with zero attached hydrogens (tertiary/aromatic N) is 2. The molecule has 4 aromatic rings. The molecule has 0 aliphatic carbocycles. The van der Waals surface area contributed by atoms with Crippen LogP contribution in [0.2, 0.25) is 0 Å². The maximum atomic E-state index is 12.2. The van der Waals surface area contributed by atoms with Gasteiger partial charge in [0.25, 0.3) is 10.1 Å². The van der Waals surface area contributed by atoms with Crippen LogP contribution in [0.1, 0.15) is 17.7 Å². The van der Waals surface area contributed by atoms with Crippen LogP contribution >= 0.6 is 11.3 Å². The van der Waals surface area contributed by atoms with Gasteiger partial charge in [0, 0.05) is 36.0 Å². The number of hydrogen-bond acceptors (Lipinski definition) is 9. The van der Waals surface area contributed by atoms with Gasteiger partial charge in [-0.15, -0.1) is 0 Å². The number of benzene rings is 2. The summed E-state index contributed by atoms with van der Waals surface area (Å²) in [5, 5.41) is 21.0. The van der Waals surface area contributed by atoms with E-state index in [0.29, 0.717) is 22.6 Å². The number of hydrogen-bond donors (Lipinski definition) is 3. The largest absolute Gasteiger partial charge is 0.493 e. The van der Waals surface area contributed by atoms with Crippen LogP contribution in [0.15, 0.2) is 57.2 Å². The van der Waals surface area contributed by atoms with E-state index in [0.717, 1.165) is 26.7 Å². The molecule has 2 aromatic heterocycles. The predicted octanol–water partition coefficient (Wildman–Crippen LogP) is 3.62. The van der Waals surface area contributed by atoms with Gasteiger partial charge in [-0.25, -0.2) is 0 Å². The topological polar surface area (TPSA) is 160 Å². The third-order valence-electron chi connectivity index (χ3n) is 5.75. The van der Waals surface area contributed by atoms with Gasteiger partial charge in [0.05, 0.1) is 17.9 Å². The van der Waals surface area contributed by atoms with Crippen LogP contribution < -0.4 is 14.5 Å². The lowest BCUT2D eigenvalue weighted by Gasteiger charge is -2.16. The summed E-state index contributed by atoms with van der Waals surface area (Å²) in [4.78, 5) is 24.3. The average Bonchev–Trinajstić information content (AvgIpc) is 3.45. The van der Waals surface area contributed by atoms with Crippen molar-refractivity contribution >= 4 is 61.1 Å². The molecule has 11 nitrogen and oxygen atoms in total. The number of carbonyl (C=O) groups is 1. The molecule has 0 unspecified atom stereocenters. The molecule has 2 aromatic carbocycles. The Labute approximate surface area is 213 Å². The van der Waals surface area contributed by atoms with Gasteiger partial charge in [-0.1, -0.05) is 35.3 Å². The second-order valence-corrected chi connectivity index (χ2v) is 10.8. The molecule has 0 bridgehead atoms. The minimum absolute atomic E-state index is 0.0785. The summed E-state index contributed by atoms with van der Waals surface area (Å²) in [6, 6.07) is 11.1. The number of anilines is 1. The van der Waals surface area contributed by atoms with Crippen molar-refractivity contribution in [2.24, 2.45) is 0 Å². The van der Waals surface area contributed by atoms with E-state index < -0.39 is 26.7 Å². The number of aromatic hydroxyl groups is 1. The van der Waals surface area contributed by atoms with Crippen molar-refractivity contribution in [3.8, 4) is 11.6 Å². The monoisotopic (exact) mass is 544 g/mol. The summed E-state index contributed by atoms with van der Waals surface area (Å²) >= 11 is 0.719. The van der Waals surface area contributed by atoms with Crippen molar-refractivity contribution in [3.05, 3.63) is 62.6 Å². The summed E-state index contributed by atoms with van der Waals surface area (Å²) in [5.41, 5.74) is 4.80. The Bertz CT molecular complexity index is 1770.